The van der Waals surface area contributed by atoms with Crippen molar-refractivity contribution in [2.45, 2.75) is 6.92 Å². The smallest absolute Gasteiger partial charge is 0.218 e. The van der Waals surface area contributed by atoms with Crippen molar-refractivity contribution in [3.63, 3.8) is 0 Å². The molecule has 5 nitrogen and oxygen atoms in total. The van der Waals surface area contributed by atoms with Gasteiger partial charge in [-0.15, -0.1) is 10.2 Å². The number of benzene rings is 2. The molecule has 7 heteroatoms. The lowest BCUT2D eigenvalue weighted by molar-refractivity contribution is 0.459. The van der Waals surface area contributed by atoms with Crippen LogP contribution in [0.3, 0.4) is 0 Å². The first-order valence-corrected chi connectivity index (χ1v) is 8.67. The van der Waals surface area contributed by atoms with E-state index in [1.54, 1.807) is 6.07 Å². The molecule has 2 N–H and O–H groups in total. The number of azo groups is 1. The number of hydrogen-bond acceptors (Lipinski definition) is 4. The summed E-state index contributed by atoms with van der Waals surface area (Å²) in [7, 11) is 0. The van der Waals surface area contributed by atoms with E-state index >= 15 is 0 Å². The molecule has 4 rings (SSSR count). The molecule has 0 amide bonds. The second kappa shape index (κ2) is 6.13. The number of hydrogen-bond donors (Lipinski definition) is 2. The Hall–Kier alpha value is -2.44. The number of halogens is 2. The molecule has 0 spiro atoms. The summed E-state index contributed by atoms with van der Waals surface area (Å²) in [5.74, 6) is 0.442. The van der Waals surface area contributed by atoms with Gasteiger partial charge in [0.15, 0.2) is 11.5 Å². The van der Waals surface area contributed by atoms with Crippen LogP contribution in [0.2, 0.25) is 5.02 Å². The fraction of sp³-hybridized carbons (Fsp3) is 0.0556. The predicted molar refractivity (Wildman–Crippen MR) is 103 cm³/mol. The maximum absolute atomic E-state index is 10.1. The first-order chi connectivity index (χ1) is 12.0. The number of aryl methyl sites for hydroxylation is 1. The van der Waals surface area contributed by atoms with Gasteiger partial charge in [-0.2, -0.15) is 0 Å². The van der Waals surface area contributed by atoms with Crippen LogP contribution >= 0.6 is 27.5 Å². The highest BCUT2D eigenvalue weighted by Crippen LogP contribution is 2.37. The van der Waals surface area contributed by atoms with Crippen molar-refractivity contribution in [3.05, 3.63) is 57.5 Å². The van der Waals surface area contributed by atoms with E-state index in [2.05, 4.69) is 36.1 Å². The topological polar surface area (TPSA) is 73.6 Å². The number of aromatic amines is 1. The molecule has 0 bridgehead atoms. The molecule has 124 valence electrons. The van der Waals surface area contributed by atoms with Gasteiger partial charge in [0.1, 0.15) is 0 Å². The number of H-pyrrole nitrogens is 1. The van der Waals surface area contributed by atoms with E-state index in [0.717, 1.165) is 31.8 Å². The third-order valence-electron chi connectivity index (χ3n) is 3.93. The zero-order valence-electron chi connectivity index (χ0n) is 13.1. The van der Waals surface area contributed by atoms with Gasteiger partial charge >= 0.3 is 0 Å². The standard InChI is InChI=1S/C18H12BrClN4O/c1-9-6-16(21-14-5-3-11(20)8-12(9)14)23-24-17-13-7-10(19)2-4-15(13)22-18(17)25/h2-8,22,25H,1H3. The molecule has 0 saturated heterocycles. The van der Waals surface area contributed by atoms with Crippen LogP contribution in [-0.2, 0) is 0 Å². The van der Waals surface area contributed by atoms with Gasteiger partial charge in [0.25, 0.3) is 0 Å². The van der Waals surface area contributed by atoms with E-state index in [1.165, 1.54) is 0 Å². The van der Waals surface area contributed by atoms with Crippen molar-refractivity contribution >= 4 is 60.8 Å². The van der Waals surface area contributed by atoms with Crippen LogP contribution in [0.5, 0.6) is 5.88 Å². The third-order valence-corrected chi connectivity index (χ3v) is 4.66. The molecular weight excluding hydrogens is 404 g/mol. The Morgan fingerprint density at radius 1 is 1.08 bits per heavy atom. The SMILES string of the molecule is Cc1cc(N=Nc2c(O)[nH]c3ccc(Br)cc23)nc2ccc(Cl)cc12. The molecule has 2 heterocycles. The summed E-state index contributed by atoms with van der Waals surface area (Å²) in [5, 5.41) is 20.9. The van der Waals surface area contributed by atoms with E-state index in [-0.39, 0.29) is 5.88 Å². The van der Waals surface area contributed by atoms with E-state index in [1.807, 2.05) is 43.3 Å². The molecule has 4 aromatic rings. The Morgan fingerprint density at radius 2 is 1.92 bits per heavy atom. The normalized spacial score (nSPS) is 11.8. The molecule has 0 aliphatic heterocycles. The van der Waals surface area contributed by atoms with Crippen LogP contribution in [0.15, 0.2) is 57.2 Å². The van der Waals surface area contributed by atoms with Crippen LogP contribution in [0.25, 0.3) is 21.8 Å². The molecule has 2 aromatic heterocycles. The zero-order chi connectivity index (χ0) is 17.6. The van der Waals surface area contributed by atoms with E-state index in [0.29, 0.717) is 16.5 Å². The lowest BCUT2D eigenvalue weighted by Crippen LogP contribution is -1.83. The second-order valence-electron chi connectivity index (χ2n) is 5.67. The van der Waals surface area contributed by atoms with Crippen LogP contribution in [0, 0.1) is 6.92 Å². The van der Waals surface area contributed by atoms with Crippen molar-refractivity contribution in [2.75, 3.05) is 0 Å². The largest absolute Gasteiger partial charge is 0.493 e. The fourth-order valence-electron chi connectivity index (χ4n) is 2.74. The van der Waals surface area contributed by atoms with Gasteiger partial charge < -0.3 is 10.1 Å². The molecular formula is C18H12BrClN4O. The molecule has 0 unspecified atom stereocenters. The van der Waals surface area contributed by atoms with Gasteiger partial charge in [0.05, 0.1) is 11.0 Å². The first kappa shape index (κ1) is 16.1. The van der Waals surface area contributed by atoms with Gasteiger partial charge in [-0.3, -0.25) is 0 Å². The molecule has 0 radical (unpaired) electrons. The van der Waals surface area contributed by atoms with Crippen molar-refractivity contribution < 1.29 is 5.11 Å². The number of aromatic nitrogens is 2. The lowest BCUT2D eigenvalue weighted by Gasteiger charge is -2.03. The minimum atomic E-state index is -0.0267. The predicted octanol–water partition coefficient (Wildman–Crippen LogP) is 6.56. The number of aromatic hydroxyl groups is 1. The second-order valence-corrected chi connectivity index (χ2v) is 7.02. The highest BCUT2D eigenvalue weighted by atomic mass is 79.9. The minimum Gasteiger partial charge on any atom is -0.493 e. The van der Waals surface area contributed by atoms with E-state index in [9.17, 15) is 5.11 Å². The summed E-state index contributed by atoms with van der Waals surface area (Å²) >= 11 is 9.46. The Morgan fingerprint density at radius 3 is 2.76 bits per heavy atom. The van der Waals surface area contributed by atoms with Crippen LogP contribution < -0.4 is 0 Å². The zero-order valence-corrected chi connectivity index (χ0v) is 15.4. The van der Waals surface area contributed by atoms with Crippen LogP contribution in [-0.4, -0.2) is 15.1 Å². The highest BCUT2D eigenvalue weighted by Gasteiger charge is 2.11. The third kappa shape index (κ3) is 2.99. The summed E-state index contributed by atoms with van der Waals surface area (Å²) in [4.78, 5) is 7.37. The Labute approximate surface area is 156 Å². The molecule has 0 atom stereocenters. The number of nitrogens with zero attached hydrogens (tertiary/aromatic N) is 3. The summed E-state index contributed by atoms with van der Waals surface area (Å²) < 4.78 is 0.895. The Balaban J connectivity index is 1.80. The maximum atomic E-state index is 10.1. The summed E-state index contributed by atoms with van der Waals surface area (Å²) in [6.07, 6.45) is 0. The number of nitrogens with one attached hydrogen (secondary N) is 1. The molecule has 0 aliphatic carbocycles. The van der Waals surface area contributed by atoms with Gasteiger partial charge in [0.2, 0.25) is 5.88 Å². The molecule has 2 aromatic carbocycles. The molecule has 0 fully saturated rings. The Kier molecular flexibility index (Phi) is 3.94. The monoisotopic (exact) mass is 414 g/mol. The molecule has 0 saturated carbocycles. The summed E-state index contributed by atoms with van der Waals surface area (Å²) in [6.45, 7) is 1.97. The van der Waals surface area contributed by atoms with Crippen LogP contribution in [0.4, 0.5) is 11.5 Å². The van der Waals surface area contributed by atoms with Crippen molar-refractivity contribution in [3.8, 4) is 5.88 Å². The van der Waals surface area contributed by atoms with Crippen molar-refractivity contribution in [1.82, 2.24) is 9.97 Å². The average Bonchev–Trinajstić information content (AvgIpc) is 2.88. The summed E-state index contributed by atoms with van der Waals surface area (Å²) in [6, 6.07) is 13.0. The van der Waals surface area contributed by atoms with Gasteiger partial charge in [-0.25, -0.2) is 4.98 Å². The molecule has 25 heavy (non-hydrogen) atoms. The average molecular weight is 416 g/mol. The van der Waals surface area contributed by atoms with Gasteiger partial charge in [-0.05, 0) is 55.0 Å². The van der Waals surface area contributed by atoms with Crippen LogP contribution in [0.1, 0.15) is 5.56 Å². The number of pyridine rings is 1. The maximum Gasteiger partial charge on any atom is 0.218 e. The first-order valence-electron chi connectivity index (χ1n) is 7.50. The number of rotatable bonds is 2. The van der Waals surface area contributed by atoms with E-state index in [4.69, 9.17) is 11.6 Å². The van der Waals surface area contributed by atoms with Crippen molar-refractivity contribution in [2.24, 2.45) is 10.2 Å². The van der Waals surface area contributed by atoms with Gasteiger partial charge in [0, 0.05) is 20.3 Å². The van der Waals surface area contributed by atoms with Crippen molar-refractivity contribution in [1.29, 1.82) is 0 Å². The highest BCUT2D eigenvalue weighted by molar-refractivity contribution is 9.10. The Bertz CT molecular complexity index is 1150. The lowest BCUT2D eigenvalue weighted by atomic mass is 10.1. The van der Waals surface area contributed by atoms with E-state index < -0.39 is 0 Å². The quantitative estimate of drug-likeness (QED) is 0.364. The molecule has 0 aliphatic rings. The number of fused-ring (bicyclic) bond motifs is 2. The fourth-order valence-corrected chi connectivity index (χ4v) is 3.27. The van der Waals surface area contributed by atoms with Gasteiger partial charge in [-0.1, -0.05) is 27.5 Å². The minimum absolute atomic E-state index is 0.0267. The summed E-state index contributed by atoms with van der Waals surface area (Å²) in [5.41, 5.74) is 2.97.